The van der Waals surface area contributed by atoms with Crippen LogP contribution in [-0.4, -0.2) is 24.0 Å². The van der Waals surface area contributed by atoms with Crippen LogP contribution in [0.15, 0.2) is 66.7 Å². The van der Waals surface area contributed by atoms with Crippen LogP contribution in [0.25, 0.3) is 10.2 Å². The minimum Gasteiger partial charge on any atom is -0.481 e. The molecule has 0 spiro atoms. The Hall–Kier alpha value is -3.16. The van der Waals surface area contributed by atoms with Crippen molar-refractivity contribution in [3.05, 3.63) is 77.6 Å². The molecule has 1 aromatic heterocycles. The maximum Gasteiger partial charge on any atom is 0.279 e. The summed E-state index contributed by atoms with van der Waals surface area (Å²) >= 11 is 7.41. The maximum atomic E-state index is 13.9. The van der Waals surface area contributed by atoms with E-state index in [2.05, 4.69) is 4.98 Å². The zero-order chi connectivity index (χ0) is 22.0. The maximum absolute atomic E-state index is 13.9. The van der Waals surface area contributed by atoms with Crippen LogP contribution >= 0.6 is 22.9 Å². The molecule has 0 aliphatic rings. The number of amides is 1. The number of para-hydroxylation sites is 1. The Balaban J connectivity index is 1.40. The first-order valence-electron chi connectivity index (χ1n) is 9.43. The number of ether oxygens (including phenoxy) is 2. The number of thiazole rings is 1. The highest BCUT2D eigenvalue weighted by Gasteiger charge is 2.22. The predicted molar refractivity (Wildman–Crippen MR) is 121 cm³/mol. The minimum absolute atomic E-state index is 0.198. The molecule has 0 radical (unpaired) electrons. The quantitative estimate of drug-likeness (QED) is 0.341. The van der Waals surface area contributed by atoms with Gasteiger partial charge in [-0.3, -0.25) is 4.79 Å². The van der Waals surface area contributed by atoms with Crippen molar-refractivity contribution >= 4 is 44.7 Å². The Morgan fingerprint density at radius 2 is 1.81 bits per heavy atom. The Labute approximate surface area is 187 Å². The van der Waals surface area contributed by atoms with E-state index < -0.39 is 11.9 Å². The molecule has 31 heavy (non-hydrogen) atoms. The van der Waals surface area contributed by atoms with Gasteiger partial charge in [-0.1, -0.05) is 35.1 Å². The molecule has 4 aromatic rings. The first-order chi connectivity index (χ1) is 14.9. The molecule has 1 heterocycles. The third-order valence-corrected chi connectivity index (χ3v) is 5.70. The molecule has 0 unspecified atom stereocenters. The van der Waals surface area contributed by atoms with Gasteiger partial charge in [0.1, 0.15) is 17.3 Å². The zero-order valence-electron chi connectivity index (χ0n) is 16.7. The van der Waals surface area contributed by atoms with Gasteiger partial charge in [0, 0.05) is 12.1 Å². The number of anilines is 1. The summed E-state index contributed by atoms with van der Waals surface area (Å²) in [6, 6.07) is 18.4. The topological polar surface area (TPSA) is 51.7 Å². The third-order valence-electron chi connectivity index (χ3n) is 4.56. The van der Waals surface area contributed by atoms with E-state index in [-0.39, 0.29) is 11.6 Å². The van der Waals surface area contributed by atoms with E-state index >= 15 is 0 Å². The van der Waals surface area contributed by atoms with Crippen LogP contribution in [0.2, 0.25) is 5.02 Å². The Morgan fingerprint density at radius 1 is 1.10 bits per heavy atom. The van der Waals surface area contributed by atoms with Crippen molar-refractivity contribution in [1.29, 1.82) is 0 Å². The Bertz CT molecular complexity index is 1230. The first-order valence-corrected chi connectivity index (χ1v) is 10.6. The normalized spacial score (nSPS) is 11.9. The van der Waals surface area contributed by atoms with Crippen molar-refractivity contribution in [2.24, 2.45) is 0 Å². The highest BCUT2D eigenvalue weighted by Crippen LogP contribution is 2.33. The summed E-state index contributed by atoms with van der Waals surface area (Å²) in [7, 11) is 1.52. The average Bonchev–Trinajstić information content (AvgIpc) is 3.15. The van der Waals surface area contributed by atoms with Crippen molar-refractivity contribution in [1.82, 2.24) is 4.98 Å². The molecule has 0 aliphatic heterocycles. The molecule has 0 saturated carbocycles. The molecule has 0 bridgehead atoms. The van der Waals surface area contributed by atoms with E-state index in [0.29, 0.717) is 21.7 Å². The molecule has 0 saturated heterocycles. The molecular formula is C23H18ClFN2O3S. The second-order valence-electron chi connectivity index (χ2n) is 6.77. The van der Waals surface area contributed by atoms with Gasteiger partial charge in [-0.15, -0.1) is 0 Å². The smallest absolute Gasteiger partial charge is 0.279 e. The number of fused-ring (bicyclic) bond motifs is 1. The Kier molecular flexibility index (Phi) is 6.06. The summed E-state index contributed by atoms with van der Waals surface area (Å²) in [6.45, 7) is 1.62. The van der Waals surface area contributed by atoms with Crippen LogP contribution in [0.5, 0.6) is 16.7 Å². The monoisotopic (exact) mass is 456 g/mol. The number of benzene rings is 3. The number of likely N-dealkylation sites (N-methyl/N-ethyl adjacent to an activating group) is 1. The summed E-state index contributed by atoms with van der Waals surface area (Å²) in [4.78, 5) is 18.3. The van der Waals surface area contributed by atoms with Gasteiger partial charge in [0.2, 0.25) is 0 Å². The molecule has 1 atom stereocenters. The molecule has 8 heteroatoms. The van der Waals surface area contributed by atoms with E-state index in [1.54, 1.807) is 55.5 Å². The number of nitrogens with zero attached hydrogens (tertiary/aromatic N) is 2. The molecule has 0 N–H and O–H groups in total. The average molecular weight is 457 g/mol. The summed E-state index contributed by atoms with van der Waals surface area (Å²) in [6.07, 6.45) is -0.801. The number of halogens is 2. The fourth-order valence-electron chi connectivity index (χ4n) is 2.98. The second kappa shape index (κ2) is 8.91. The lowest BCUT2D eigenvalue weighted by Crippen LogP contribution is -2.38. The van der Waals surface area contributed by atoms with Gasteiger partial charge in [0.25, 0.3) is 11.1 Å². The van der Waals surface area contributed by atoms with E-state index in [4.69, 9.17) is 21.1 Å². The minimum atomic E-state index is -0.801. The zero-order valence-corrected chi connectivity index (χ0v) is 18.3. The standard InChI is InChI=1S/C23H18ClFN2O3S/c1-14(22(28)27(2)20-6-4-3-5-18(20)25)29-16-8-10-17(11-9-16)30-23-26-19-12-7-15(24)13-21(19)31-23/h3-14H,1-2H3/t14-/m1/s1. The van der Waals surface area contributed by atoms with Gasteiger partial charge < -0.3 is 14.4 Å². The molecule has 5 nitrogen and oxygen atoms in total. The van der Waals surface area contributed by atoms with E-state index in [9.17, 15) is 9.18 Å². The van der Waals surface area contributed by atoms with Gasteiger partial charge in [-0.05, 0) is 61.5 Å². The SMILES string of the molecule is C[C@@H](Oc1ccc(Oc2nc3ccc(Cl)cc3s2)cc1)C(=O)N(C)c1ccccc1F. The van der Waals surface area contributed by atoms with Gasteiger partial charge >= 0.3 is 0 Å². The van der Waals surface area contributed by atoms with Crippen molar-refractivity contribution in [3.63, 3.8) is 0 Å². The highest BCUT2D eigenvalue weighted by molar-refractivity contribution is 7.20. The lowest BCUT2D eigenvalue weighted by molar-refractivity contribution is -0.124. The number of rotatable bonds is 6. The van der Waals surface area contributed by atoms with Crippen LogP contribution in [0.3, 0.4) is 0 Å². The van der Waals surface area contributed by atoms with E-state index in [1.165, 1.54) is 29.4 Å². The van der Waals surface area contributed by atoms with E-state index in [0.717, 1.165) is 10.2 Å². The fourth-order valence-corrected chi connectivity index (χ4v) is 4.09. The van der Waals surface area contributed by atoms with Crippen molar-refractivity contribution in [2.45, 2.75) is 13.0 Å². The highest BCUT2D eigenvalue weighted by atomic mass is 35.5. The molecule has 0 aliphatic carbocycles. The summed E-state index contributed by atoms with van der Waals surface area (Å²) in [5, 5.41) is 1.15. The second-order valence-corrected chi connectivity index (χ2v) is 8.20. The molecule has 0 fully saturated rings. The lowest BCUT2D eigenvalue weighted by Gasteiger charge is -2.22. The summed E-state index contributed by atoms with van der Waals surface area (Å²) in [5.74, 6) is 0.244. The first kappa shape index (κ1) is 21.1. The van der Waals surface area contributed by atoms with Crippen LogP contribution in [0, 0.1) is 5.82 Å². The van der Waals surface area contributed by atoms with Gasteiger partial charge in [0.05, 0.1) is 15.9 Å². The van der Waals surface area contributed by atoms with Crippen LogP contribution in [-0.2, 0) is 4.79 Å². The fraction of sp³-hybridized carbons (Fsp3) is 0.130. The molecule has 158 valence electrons. The van der Waals surface area contributed by atoms with Crippen LogP contribution in [0.4, 0.5) is 10.1 Å². The number of hydrogen-bond donors (Lipinski definition) is 0. The molecular weight excluding hydrogens is 439 g/mol. The Morgan fingerprint density at radius 3 is 2.55 bits per heavy atom. The lowest BCUT2D eigenvalue weighted by atomic mass is 10.2. The summed E-state index contributed by atoms with van der Waals surface area (Å²) < 4.78 is 26.4. The number of aromatic nitrogens is 1. The summed E-state index contributed by atoms with van der Waals surface area (Å²) in [5.41, 5.74) is 1.01. The number of carbonyl (C=O) groups is 1. The van der Waals surface area contributed by atoms with Crippen LogP contribution in [0.1, 0.15) is 6.92 Å². The largest absolute Gasteiger partial charge is 0.481 e. The van der Waals surface area contributed by atoms with Crippen molar-refractivity contribution in [2.75, 3.05) is 11.9 Å². The van der Waals surface area contributed by atoms with E-state index in [1.807, 2.05) is 12.1 Å². The third kappa shape index (κ3) is 4.78. The number of hydrogen-bond acceptors (Lipinski definition) is 5. The van der Waals surface area contributed by atoms with Crippen LogP contribution < -0.4 is 14.4 Å². The molecule has 4 rings (SSSR count). The van der Waals surface area contributed by atoms with Gasteiger partial charge in [0.15, 0.2) is 6.10 Å². The van der Waals surface area contributed by atoms with Crippen molar-refractivity contribution in [3.8, 4) is 16.7 Å². The molecule has 3 aromatic carbocycles. The van der Waals surface area contributed by atoms with Crippen molar-refractivity contribution < 1.29 is 18.7 Å². The predicted octanol–water partition coefficient (Wildman–Crippen LogP) is 6.31. The van der Waals surface area contributed by atoms with Gasteiger partial charge in [-0.25, -0.2) is 9.37 Å². The van der Waals surface area contributed by atoms with Gasteiger partial charge in [-0.2, -0.15) is 0 Å². The number of carbonyl (C=O) groups excluding carboxylic acids is 1. The molecule has 1 amide bonds.